The van der Waals surface area contributed by atoms with Gasteiger partial charge in [0.15, 0.2) is 6.10 Å². The first-order valence-corrected chi connectivity index (χ1v) is 9.02. The Kier molecular flexibility index (Phi) is 5.26. The molecule has 0 saturated heterocycles. The van der Waals surface area contributed by atoms with Crippen molar-refractivity contribution in [3.05, 3.63) is 28.2 Å². The van der Waals surface area contributed by atoms with E-state index < -0.39 is 0 Å². The Balaban J connectivity index is 2.40. The van der Waals surface area contributed by atoms with Crippen molar-refractivity contribution in [3.8, 4) is 5.75 Å². The van der Waals surface area contributed by atoms with Crippen molar-refractivity contribution in [3.63, 3.8) is 0 Å². The number of benzene rings is 1. The van der Waals surface area contributed by atoms with E-state index in [2.05, 4.69) is 0 Å². The molecule has 0 atom stereocenters. The minimum absolute atomic E-state index is 0.00114. The van der Waals surface area contributed by atoms with Crippen molar-refractivity contribution < 1.29 is 14.9 Å². The largest absolute Gasteiger partial charge is 0.507 e. The summed E-state index contributed by atoms with van der Waals surface area (Å²) in [6, 6.07) is 3.53. The van der Waals surface area contributed by atoms with Crippen molar-refractivity contribution in [2.75, 3.05) is 0 Å². The predicted molar refractivity (Wildman–Crippen MR) is 96.8 cm³/mol. The van der Waals surface area contributed by atoms with Crippen LogP contribution in [0.4, 0.5) is 5.69 Å². The molecule has 0 aliphatic heterocycles. The SMILES string of the molecule is CC(C)(C)c1cc([N+](=O)OC2CCCCC2)cc(C(C)(C)C)c1O. The minimum atomic E-state index is -0.258. The molecule has 0 heterocycles. The van der Waals surface area contributed by atoms with Crippen LogP contribution in [0.3, 0.4) is 0 Å². The monoisotopic (exact) mass is 334 g/mol. The summed E-state index contributed by atoms with van der Waals surface area (Å²) in [6.07, 6.45) is 5.34. The Morgan fingerprint density at radius 1 is 0.958 bits per heavy atom. The lowest BCUT2D eigenvalue weighted by atomic mass is 9.79. The van der Waals surface area contributed by atoms with Crippen LogP contribution in [0.1, 0.15) is 84.8 Å². The van der Waals surface area contributed by atoms with Gasteiger partial charge in [-0.2, -0.15) is 0 Å². The van der Waals surface area contributed by atoms with Gasteiger partial charge in [-0.15, -0.1) is 0 Å². The molecule has 4 heteroatoms. The molecule has 0 bridgehead atoms. The molecular formula is C20H32NO3+. The van der Waals surface area contributed by atoms with Gasteiger partial charge in [-0.05, 0) is 36.5 Å². The third kappa shape index (κ3) is 4.28. The van der Waals surface area contributed by atoms with Crippen LogP contribution in [-0.2, 0) is 15.7 Å². The smallest absolute Gasteiger partial charge is 0.317 e. The number of hydrogen-bond donors (Lipinski definition) is 1. The molecule has 134 valence electrons. The number of aromatic hydroxyl groups is 1. The third-order valence-corrected chi connectivity index (χ3v) is 4.72. The second-order valence-corrected chi connectivity index (χ2v) is 9.01. The zero-order valence-corrected chi connectivity index (χ0v) is 16.0. The van der Waals surface area contributed by atoms with Crippen LogP contribution >= 0.6 is 0 Å². The number of rotatable bonds is 3. The lowest BCUT2D eigenvalue weighted by Gasteiger charge is -2.26. The highest BCUT2D eigenvalue weighted by molar-refractivity contribution is 5.54. The van der Waals surface area contributed by atoms with Gasteiger partial charge in [-0.1, -0.05) is 48.0 Å². The number of phenols is 1. The molecule has 0 spiro atoms. The van der Waals surface area contributed by atoms with Gasteiger partial charge in [0.05, 0.1) is 4.91 Å². The van der Waals surface area contributed by atoms with E-state index >= 15 is 0 Å². The van der Waals surface area contributed by atoms with Gasteiger partial charge in [-0.3, -0.25) is 0 Å². The van der Waals surface area contributed by atoms with Gasteiger partial charge >= 0.3 is 5.69 Å². The summed E-state index contributed by atoms with van der Waals surface area (Å²) >= 11 is 0. The first-order chi connectivity index (χ1) is 11.0. The zero-order chi connectivity index (χ0) is 18.1. The summed E-state index contributed by atoms with van der Waals surface area (Å²) in [5.74, 6) is 0.282. The lowest BCUT2D eigenvalue weighted by molar-refractivity contribution is -0.757. The Morgan fingerprint density at radius 3 is 1.83 bits per heavy atom. The third-order valence-electron chi connectivity index (χ3n) is 4.72. The van der Waals surface area contributed by atoms with E-state index in [1.807, 2.05) is 41.5 Å². The van der Waals surface area contributed by atoms with E-state index in [0.717, 1.165) is 36.8 Å². The van der Waals surface area contributed by atoms with E-state index in [0.29, 0.717) is 10.6 Å². The maximum atomic E-state index is 12.6. The quantitative estimate of drug-likeness (QED) is 0.725. The fraction of sp³-hybridized carbons (Fsp3) is 0.700. The standard InChI is InChI=1S/C20H31NO3/c1-19(2,3)16-12-14(13-17(18(16)22)20(4,5)6)21(23)24-15-10-8-7-9-11-15/h12-13,15H,7-11H2,1-6H3/p+1. The molecule has 0 aromatic heterocycles. The summed E-state index contributed by atoms with van der Waals surface area (Å²) in [4.78, 5) is 18.9. The fourth-order valence-corrected chi connectivity index (χ4v) is 3.23. The average Bonchev–Trinajstić information content (AvgIpc) is 2.46. The van der Waals surface area contributed by atoms with Gasteiger partial charge in [0.2, 0.25) is 0 Å². The van der Waals surface area contributed by atoms with Gasteiger partial charge in [0.1, 0.15) is 5.75 Å². The lowest BCUT2D eigenvalue weighted by Crippen LogP contribution is -2.22. The molecule has 1 fully saturated rings. The van der Waals surface area contributed by atoms with Crippen LogP contribution in [-0.4, -0.2) is 16.1 Å². The van der Waals surface area contributed by atoms with Crippen LogP contribution in [0, 0.1) is 4.91 Å². The van der Waals surface area contributed by atoms with Gasteiger partial charge in [0.25, 0.3) is 4.92 Å². The van der Waals surface area contributed by atoms with E-state index in [9.17, 15) is 10.0 Å². The molecule has 0 radical (unpaired) electrons. The average molecular weight is 334 g/mol. The highest BCUT2D eigenvalue weighted by atomic mass is 16.8. The van der Waals surface area contributed by atoms with Crippen molar-refractivity contribution in [2.45, 2.75) is 90.6 Å². The van der Waals surface area contributed by atoms with Crippen LogP contribution < -0.4 is 0 Å². The molecular weight excluding hydrogens is 302 g/mol. The van der Waals surface area contributed by atoms with Crippen molar-refractivity contribution >= 4 is 5.69 Å². The van der Waals surface area contributed by atoms with Crippen LogP contribution in [0.25, 0.3) is 0 Å². The summed E-state index contributed by atoms with van der Waals surface area (Å²) in [6.45, 7) is 12.2. The van der Waals surface area contributed by atoms with E-state index in [1.54, 1.807) is 12.1 Å². The molecule has 2 rings (SSSR count). The highest BCUT2D eigenvalue weighted by Crippen LogP contribution is 2.41. The topological polar surface area (TPSA) is 49.5 Å². The molecule has 0 amide bonds. The minimum Gasteiger partial charge on any atom is -0.507 e. The summed E-state index contributed by atoms with van der Waals surface area (Å²) in [7, 11) is 0. The molecule has 1 aromatic carbocycles. The number of phenolic OH excluding ortho intramolecular Hbond substituents is 1. The van der Waals surface area contributed by atoms with Crippen molar-refractivity contribution in [2.24, 2.45) is 0 Å². The van der Waals surface area contributed by atoms with Gasteiger partial charge < -0.3 is 5.11 Å². The van der Waals surface area contributed by atoms with Crippen molar-refractivity contribution in [1.82, 2.24) is 0 Å². The molecule has 24 heavy (non-hydrogen) atoms. The summed E-state index contributed by atoms with van der Waals surface area (Å²) < 4.78 is 0. The van der Waals surface area contributed by atoms with E-state index in [-0.39, 0.29) is 22.7 Å². The number of hydrogen-bond acceptors (Lipinski definition) is 3. The Labute approximate surface area is 145 Å². The molecule has 4 nitrogen and oxygen atoms in total. The molecule has 1 aliphatic rings. The van der Waals surface area contributed by atoms with Crippen molar-refractivity contribution in [1.29, 1.82) is 0 Å². The Hall–Kier alpha value is -1.58. The molecule has 1 saturated carbocycles. The Morgan fingerprint density at radius 2 is 1.42 bits per heavy atom. The first-order valence-electron chi connectivity index (χ1n) is 9.02. The molecule has 1 aromatic rings. The maximum absolute atomic E-state index is 12.6. The van der Waals surface area contributed by atoms with E-state index in [1.165, 1.54) is 6.42 Å². The van der Waals surface area contributed by atoms with Crippen LogP contribution in [0.15, 0.2) is 12.1 Å². The summed E-state index contributed by atoms with van der Waals surface area (Å²) in [5.41, 5.74) is 1.50. The van der Waals surface area contributed by atoms with E-state index in [4.69, 9.17) is 4.84 Å². The van der Waals surface area contributed by atoms with Gasteiger partial charge in [0, 0.05) is 23.3 Å². The van der Waals surface area contributed by atoms with Crippen LogP contribution in [0.2, 0.25) is 0 Å². The zero-order valence-electron chi connectivity index (χ0n) is 16.0. The molecule has 0 unspecified atom stereocenters. The Bertz CT molecular complexity index is 567. The second kappa shape index (κ2) is 6.73. The van der Waals surface area contributed by atoms with Crippen LogP contribution in [0.5, 0.6) is 5.75 Å². The first kappa shape index (κ1) is 18.8. The fourth-order valence-electron chi connectivity index (χ4n) is 3.23. The second-order valence-electron chi connectivity index (χ2n) is 9.01. The number of nitrogens with zero attached hydrogens (tertiary/aromatic N) is 1. The molecule has 1 N–H and O–H groups in total. The highest BCUT2D eigenvalue weighted by Gasteiger charge is 2.32. The maximum Gasteiger partial charge on any atom is 0.317 e. The van der Waals surface area contributed by atoms with Gasteiger partial charge in [-0.25, -0.2) is 4.84 Å². The predicted octanol–water partition coefficient (Wildman–Crippen LogP) is 5.66. The normalized spacial score (nSPS) is 16.9. The molecule has 1 aliphatic carbocycles. The summed E-state index contributed by atoms with van der Waals surface area (Å²) in [5, 5.41) is 10.7.